The van der Waals surface area contributed by atoms with Gasteiger partial charge in [-0.25, -0.2) is 9.78 Å². The number of benzene rings is 1. The molecule has 3 aromatic heterocycles. The van der Waals surface area contributed by atoms with Crippen molar-refractivity contribution in [2.24, 2.45) is 5.92 Å². The molecule has 6 rings (SSSR count). The maximum absolute atomic E-state index is 11.4. The normalized spacial score (nSPS) is 16.4. The Morgan fingerprint density at radius 1 is 1.18 bits per heavy atom. The second kappa shape index (κ2) is 10.1. The molecular formula is C29H27ClN4O4. The van der Waals surface area contributed by atoms with Crippen LogP contribution in [0.3, 0.4) is 0 Å². The Morgan fingerprint density at radius 2 is 2.00 bits per heavy atom. The molecule has 194 valence electrons. The van der Waals surface area contributed by atoms with E-state index in [4.69, 9.17) is 20.9 Å². The average molecular weight is 531 g/mol. The number of aromatic carboxylic acids is 1. The van der Waals surface area contributed by atoms with E-state index in [0.717, 1.165) is 72.4 Å². The van der Waals surface area contributed by atoms with E-state index in [1.807, 2.05) is 24.3 Å². The van der Waals surface area contributed by atoms with Crippen molar-refractivity contribution >= 4 is 40.2 Å². The second-order valence-electron chi connectivity index (χ2n) is 9.84. The standard InChI is InChI=1S/C29H27ClN4O4/c1-37-26-15-25(29(35)36)32-24-7-5-19(14-22(24)26)34-12-9-17(10-13-34)2-6-21-27(20-8-11-31-16-23(20)30)33-38-28(21)18-3-4-18/h2,5-8,11,14-18H,3-4,9-10,12-13H2,1H3,(H,35,36)/b6-2+. The summed E-state index contributed by atoms with van der Waals surface area (Å²) < 4.78 is 11.3. The smallest absolute Gasteiger partial charge is 0.354 e. The Hall–Kier alpha value is -3.91. The summed E-state index contributed by atoms with van der Waals surface area (Å²) in [6, 6.07) is 9.25. The zero-order chi connectivity index (χ0) is 26.2. The minimum Gasteiger partial charge on any atom is -0.496 e. The molecule has 1 aromatic carbocycles. The number of ether oxygens (including phenoxy) is 1. The maximum Gasteiger partial charge on any atom is 0.354 e. The summed E-state index contributed by atoms with van der Waals surface area (Å²) in [5.74, 6) is 1.26. The Morgan fingerprint density at radius 3 is 2.71 bits per heavy atom. The van der Waals surface area contributed by atoms with E-state index in [2.05, 4.69) is 32.2 Å². The Kier molecular flexibility index (Phi) is 6.49. The van der Waals surface area contributed by atoms with Crippen LogP contribution in [0.15, 0.2) is 53.3 Å². The number of fused-ring (bicyclic) bond motifs is 1. The molecule has 1 aliphatic carbocycles. The number of hydrogen-bond acceptors (Lipinski definition) is 7. The topological polar surface area (TPSA) is 102 Å². The molecular weight excluding hydrogens is 504 g/mol. The van der Waals surface area contributed by atoms with Gasteiger partial charge in [-0.3, -0.25) is 4.98 Å². The van der Waals surface area contributed by atoms with E-state index < -0.39 is 5.97 Å². The summed E-state index contributed by atoms with van der Waals surface area (Å²) in [5.41, 5.74) is 4.29. The lowest BCUT2D eigenvalue weighted by Crippen LogP contribution is -2.33. The van der Waals surface area contributed by atoms with Crippen LogP contribution in [0.2, 0.25) is 5.02 Å². The third-order valence-electron chi connectivity index (χ3n) is 7.36. The Labute approximate surface area is 224 Å². The zero-order valence-electron chi connectivity index (χ0n) is 20.9. The number of nitrogens with zero attached hydrogens (tertiary/aromatic N) is 4. The van der Waals surface area contributed by atoms with Crippen LogP contribution in [-0.4, -0.2) is 46.4 Å². The third-order valence-corrected chi connectivity index (χ3v) is 7.67. The lowest BCUT2D eigenvalue weighted by molar-refractivity contribution is 0.0690. The van der Waals surface area contributed by atoms with Crippen LogP contribution in [0, 0.1) is 5.92 Å². The van der Waals surface area contributed by atoms with Gasteiger partial charge < -0.3 is 19.3 Å². The van der Waals surface area contributed by atoms with Crippen LogP contribution in [0.25, 0.3) is 28.2 Å². The lowest BCUT2D eigenvalue weighted by Gasteiger charge is -2.32. The number of halogens is 1. The fraction of sp³-hybridized carbons (Fsp3) is 0.310. The van der Waals surface area contributed by atoms with Crippen LogP contribution >= 0.6 is 11.6 Å². The van der Waals surface area contributed by atoms with E-state index in [1.54, 1.807) is 19.5 Å². The number of methoxy groups -OCH3 is 1. The van der Waals surface area contributed by atoms with Gasteiger partial charge in [0.1, 0.15) is 17.2 Å². The van der Waals surface area contributed by atoms with Crippen molar-refractivity contribution in [3.63, 3.8) is 0 Å². The van der Waals surface area contributed by atoms with E-state index in [0.29, 0.717) is 28.1 Å². The lowest BCUT2D eigenvalue weighted by atomic mass is 9.94. The molecule has 0 atom stereocenters. The number of carbonyl (C=O) groups is 1. The molecule has 2 aliphatic rings. The molecule has 0 bridgehead atoms. The first kappa shape index (κ1) is 24.4. The van der Waals surface area contributed by atoms with E-state index in [-0.39, 0.29) is 5.69 Å². The van der Waals surface area contributed by atoms with Gasteiger partial charge >= 0.3 is 5.97 Å². The highest BCUT2D eigenvalue weighted by Gasteiger charge is 2.32. The number of allylic oxidation sites excluding steroid dienone is 1. The highest BCUT2D eigenvalue weighted by atomic mass is 35.5. The molecule has 1 saturated heterocycles. The monoisotopic (exact) mass is 530 g/mol. The molecule has 1 saturated carbocycles. The van der Waals surface area contributed by atoms with E-state index >= 15 is 0 Å². The molecule has 4 heterocycles. The van der Waals surface area contributed by atoms with Crippen molar-refractivity contribution in [2.45, 2.75) is 31.6 Å². The largest absolute Gasteiger partial charge is 0.496 e. The molecule has 2 fully saturated rings. The van der Waals surface area contributed by atoms with Crippen LogP contribution in [0.4, 0.5) is 5.69 Å². The molecule has 0 unspecified atom stereocenters. The highest BCUT2D eigenvalue weighted by Crippen LogP contribution is 2.45. The summed E-state index contributed by atoms with van der Waals surface area (Å²) in [7, 11) is 1.54. The summed E-state index contributed by atoms with van der Waals surface area (Å²) in [5, 5.41) is 15.1. The number of carboxylic acid groups (broad SMARTS) is 1. The molecule has 9 heteroatoms. The van der Waals surface area contributed by atoms with Gasteiger partial charge in [-0.15, -0.1) is 0 Å². The summed E-state index contributed by atoms with van der Waals surface area (Å²) in [4.78, 5) is 22.1. The maximum atomic E-state index is 11.4. The van der Waals surface area contributed by atoms with Gasteiger partial charge in [-0.2, -0.15) is 0 Å². The van der Waals surface area contributed by atoms with Crippen LogP contribution in [0.1, 0.15) is 53.4 Å². The number of rotatable bonds is 7. The minimum absolute atomic E-state index is 0.0262. The first-order valence-electron chi connectivity index (χ1n) is 12.8. The van der Waals surface area contributed by atoms with Crippen LogP contribution in [0.5, 0.6) is 5.75 Å². The van der Waals surface area contributed by atoms with Gasteiger partial charge in [0, 0.05) is 59.7 Å². The predicted molar refractivity (Wildman–Crippen MR) is 146 cm³/mol. The van der Waals surface area contributed by atoms with E-state index in [9.17, 15) is 9.90 Å². The van der Waals surface area contributed by atoms with Crippen LogP contribution in [-0.2, 0) is 0 Å². The molecule has 38 heavy (non-hydrogen) atoms. The first-order chi connectivity index (χ1) is 18.5. The number of hydrogen-bond donors (Lipinski definition) is 1. The van der Waals surface area contributed by atoms with Gasteiger partial charge in [-0.1, -0.05) is 28.9 Å². The van der Waals surface area contributed by atoms with E-state index in [1.165, 1.54) is 6.07 Å². The third kappa shape index (κ3) is 4.72. The molecule has 8 nitrogen and oxygen atoms in total. The summed E-state index contributed by atoms with van der Waals surface area (Å²) in [6.45, 7) is 1.82. The number of anilines is 1. The van der Waals surface area contributed by atoms with Crippen molar-refractivity contribution in [1.82, 2.24) is 15.1 Å². The molecule has 4 aromatic rings. The van der Waals surface area contributed by atoms with Crippen molar-refractivity contribution in [3.8, 4) is 17.0 Å². The van der Waals surface area contributed by atoms with Gasteiger partial charge in [-0.05, 0) is 55.9 Å². The minimum atomic E-state index is -1.07. The van der Waals surface area contributed by atoms with Crippen molar-refractivity contribution in [1.29, 1.82) is 0 Å². The zero-order valence-corrected chi connectivity index (χ0v) is 21.7. The van der Waals surface area contributed by atoms with Gasteiger partial charge in [0.25, 0.3) is 0 Å². The number of pyridine rings is 2. The number of piperidine rings is 1. The predicted octanol–water partition coefficient (Wildman–Crippen LogP) is 6.45. The molecule has 0 amide bonds. The number of carboxylic acids is 1. The summed E-state index contributed by atoms with van der Waals surface area (Å²) in [6.07, 6.45) is 12.1. The quantitative estimate of drug-likeness (QED) is 0.291. The average Bonchev–Trinajstić information content (AvgIpc) is 3.70. The molecule has 1 aliphatic heterocycles. The highest BCUT2D eigenvalue weighted by molar-refractivity contribution is 6.33. The second-order valence-corrected chi connectivity index (χ2v) is 10.2. The first-order valence-corrected chi connectivity index (χ1v) is 13.1. The van der Waals surface area contributed by atoms with Crippen molar-refractivity contribution in [2.75, 3.05) is 25.1 Å². The fourth-order valence-corrected chi connectivity index (χ4v) is 5.32. The van der Waals surface area contributed by atoms with Crippen molar-refractivity contribution < 1.29 is 19.2 Å². The van der Waals surface area contributed by atoms with Gasteiger partial charge in [0.15, 0.2) is 5.69 Å². The summed E-state index contributed by atoms with van der Waals surface area (Å²) >= 11 is 6.42. The van der Waals surface area contributed by atoms with Gasteiger partial charge in [0.2, 0.25) is 0 Å². The SMILES string of the molecule is COc1cc(C(=O)O)nc2ccc(N3CCC(/C=C/c4c(-c5ccncc5Cl)noc4C4CC4)CC3)cc12. The molecule has 0 spiro atoms. The van der Waals surface area contributed by atoms with Crippen LogP contribution < -0.4 is 9.64 Å². The Bertz CT molecular complexity index is 1540. The fourth-order valence-electron chi connectivity index (χ4n) is 5.11. The van der Waals surface area contributed by atoms with Gasteiger partial charge in [0.05, 0.1) is 17.6 Å². The molecule has 0 radical (unpaired) electrons. The van der Waals surface area contributed by atoms with Crippen molar-refractivity contribution in [3.05, 3.63) is 70.8 Å². The Balaban J connectivity index is 1.19. The number of aromatic nitrogens is 3. The molecule has 1 N–H and O–H groups in total.